The minimum atomic E-state index is -2.97. The fourth-order valence-corrected chi connectivity index (χ4v) is 21.5. The van der Waals surface area contributed by atoms with E-state index in [4.69, 9.17) is 24.9 Å². The summed E-state index contributed by atoms with van der Waals surface area (Å²) in [4.78, 5) is 11.6. The van der Waals surface area contributed by atoms with E-state index in [0.29, 0.717) is 37.9 Å². The Labute approximate surface area is 399 Å². The molecule has 7 heteroatoms. The topological polar surface area (TPSA) is 54.0 Å². The lowest BCUT2D eigenvalue weighted by Gasteiger charge is -2.49. The Kier molecular flexibility index (Phi) is 15.7. The van der Waals surface area contributed by atoms with Gasteiger partial charge in [-0.2, -0.15) is 0 Å². The molecule has 4 aromatic carbocycles. The van der Waals surface area contributed by atoms with Gasteiger partial charge >= 0.3 is 5.97 Å². The first-order valence-electron chi connectivity index (χ1n) is 24.5. The number of benzene rings is 4. The highest BCUT2D eigenvalue weighted by Crippen LogP contribution is 2.59. The molecular formula is C59H76O5Si2. The van der Waals surface area contributed by atoms with Crippen molar-refractivity contribution in [3.05, 3.63) is 169 Å². The van der Waals surface area contributed by atoms with Gasteiger partial charge in [-0.15, -0.1) is 0 Å². The lowest BCUT2D eigenvalue weighted by atomic mass is 9.62. The molecule has 0 saturated heterocycles. The van der Waals surface area contributed by atoms with E-state index < -0.39 is 16.6 Å². The van der Waals surface area contributed by atoms with Gasteiger partial charge in [0.1, 0.15) is 0 Å². The number of methoxy groups -OCH3 is 1. The molecule has 3 saturated carbocycles. The van der Waals surface area contributed by atoms with Crippen LogP contribution in [-0.2, 0) is 23.1 Å². The third-order valence-corrected chi connectivity index (χ3v) is 25.5. The van der Waals surface area contributed by atoms with Gasteiger partial charge in [0.25, 0.3) is 16.6 Å². The molecule has 350 valence electrons. The van der Waals surface area contributed by atoms with Crippen LogP contribution >= 0.6 is 0 Å². The van der Waals surface area contributed by atoms with Gasteiger partial charge in [-0.05, 0) is 110 Å². The zero-order chi connectivity index (χ0) is 47.2. The van der Waals surface area contributed by atoms with Gasteiger partial charge < -0.3 is 18.3 Å². The molecule has 3 aliphatic rings. The Balaban J connectivity index is 1.28. The SMILES string of the molecule is C=C1/C(=C\C=C2/CCC[C@@]3(C)C2CC[C@@H]3C(=C)COCCCC(=O)OC)C[C@@H](O[Si](c2ccccc2)(c2ccccc2)C(C)(C)C)C[C@@H]1O[Si](c1ccccc1)(c1ccccc1)C(C)(C)C. The Morgan fingerprint density at radius 2 is 1.24 bits per heavy atom. The highest BCUT2D eigenvalue weighted by Gasteiger charge is 2.55. The Hall–Kier alpha value is -4.38. The van der Waals surface area contributed by atoms with Crippen molar-refractivity contribution in [2.45, 2.75) is 129 Å². The van der Waals surface area contributed by atoms with Gasteiger partial charge in [-0.25, -0.2) is 0 Å². The molecular weight excluding hydrogens is 845 g/mol. The molecule has 0 N–H and O–H groups in total. The molecule has 3 aliphatic carbocycles. The number of fused-ring (bicyclic) bond motifs is 1. The second-order valence-corrected chi connectivity index (χ2v) is 30.0. The van der Waals surface area contributed by atoms with E-state index in [-0.39, 0.29) is 33.7 Å². The van der Waals surface area contributed by atoms with E-state index in [2.05, 4.69) is 189 Å². The summed E-state index contributed by atoms with van der Waals surface area (Å²) in [5.41, 5.74) is 5.15. The Morgan fingerprint density at radius 3 is 1.73 bits per heavy atom. The van der Waals surface area contributed by atoms with Crippen LogP contribution in [0.2, 0.25) is 10.1 Å². The number of carbonyl (C=O) groups is 1. The average molecular weight is 921 g/mol. The molecule has 0 aromatic heterocycles. The Morgan fingerprint density at radius 1 is 0.742 bits per heavy atom. The fraction of sp³-hybridized carbons (Fsp3) is 0.441. The van der Waals surface area contributed by atoms with E-state index >= 15 is 0 Å². The van der Waals surface area contributed by atoms with Crippen molar-refractivity contribution in [1.82, 2.24) is 0 Å². The summed E-state index contributed by atoms with van der Waals surface area (Å²) in [5.74, 6) is 0.688. The molecule has 0 aliphatic heterocycles. The predicted molar refractivity (Wildman–Crippen MR) is 279 cm³/mol. The maximum absolute atomic E-state index is 11.6. The maximum atomic E-state index is 11.6. The van der Waals surface area contributed by atoms with E-state index in [1.54, 1.807) is 0 Å². The standard InChI is InChI=1S/C59H76O5Si2/c1-44(43-62-40-24-34-56(60)61-10)53-37-38-54-46(25-23-39-59(53,54)9)35-36-47-41-48(63-65(57(3,4)5,49-26-15-11-16-27-49)50-28-17-12-18-29-50)42-55(45(47)2)64-66(58(6,7)8,51-30-19-13-20-31-51)52-32-21-14-22-33-52/h11-22,26-33,35-36,48,53-55H,1-2,23-25,34,37-43H2,3-10H3/b46-35+,47-36-/t48-,53-,54?,55+,59-/m1/s1. The molecule has 3 fully saturated rings. The highest BCUT2D eigenvalue weighted by atomic mass is 28.4. The largest absolute Gasteiger partial charge is 0.469 e. The normalized spacial score (nSPS) is 24.0. The van der Waals surface area contributed by atoms with Crippen LogP contribution < -0.4 is 20.7 Å². The molecule has 4 aromatic rings. The first-order valence-corrected chi connectivity index (χ1v) is 28.4. The van der Waals surface area contributed by atoms with Crippen LogP contribution in [0, 0.1) is 17.3 Å². The minimum absolute atomic E-state index is 0.113. The predicted octanol–water partition coefficient (Wildman–Crippen LogP) is 11.8. The van der Waals surface area contributed by atoms with Gasteiger partial charge in [-0.1, -0.05) is 201 Å². The zero-order valence-corrected chi connectivity index (χ0v) is 43.2. The molecule has 0 heterocycles. The fourth-order valence-electron chi connectivity index (χ4n) is 12.1. The maximum Gasteiger partial charge on any atom is 0.305 e. The number of rotatable bonds is 16. The van der Waals surface area contributed by atoms with Gasteiger partial charge in [0.15, 0.2) is 0 Å². The number of carbonyl (C=O) groups excluding carboxylic acids is 1. The number of ether oxygens (including phenoxy) is 2. The third kappa shape index (κ3) is 10.1. The molecule has 0 radical (unpaired) electrons. The molecule has 5 nitrogen and oxygen atoms in total. The quantitative estimate of drug-likeness (QED) is 0.0485. The highest BCUT2D eigenvalue weighted by molar-refractivity contribution is 7.00. The van der Waals surface area contributed by atoms with E-state index in [9.17, 15) is 4.79 Å². The summed E-state index contributed by atoms with van der Waals surface area (Å²) < 4.78 is 27.0. The van der Waals surface area contributed by atoms with Gasteiger partial charge in [0.2, 0.25) is 0 Å². The van der Waals surface area contributed by atoms with Crippen LogP contribution in [-0.4, -0.2) is 55.1 Å². The summed E-state index contributed by atoms with van der Waals surface area (Å²) in [6, 6.07) is 44.1. The molecule has 0 amide bonds. The van der Waals surface area contributed by atoms with Crippen LogP contribution in [0.15, 0.2) is 169 Å². The number of hydrogen-bond acceptors (Lipinski definition) is 5. The van der Waals surface area contributed by atoms with Crippen molar-refractivity contribution in [1.29, 1.82) is 0 Å². The molecule has 0 spiro atoms. The summed E-state index contributed by atoms with van der Waals surface area (Å²) >= 11 is 0. The first-order chi connectivity index (χ1) is 31.5. The summed E-state index contributed by atoms with van der Waals surface area (Å²) in [7, 11) is -4.46. The van der Waals surface area contributed by atoms with Crippen LogP contribution in [0.3, 0.4) is 0 Å². The van der Waals surface area contributed by atoms with Crippen molar-refractivity contribution in [2.24, 2.45) is 17.3 Å². The van der Waals surface area contributed by atoms with Crippen LogP contribution in [0.1, 0.15) is 106 Å². The summed E-state index contributed by atoms with van der Waals surface area (Å²) in [5, 5.41) is 4.74. The summed E-state index contributed by atoms with van der Waals surface area (Å²) in [6.45, 7) is 27.3. The van der Waals surface area contributed by atoms with Crippen LogP contribution in [0.25, 0.3) is 0 Å². The van der Waals surface area contributed by atoms with Crippen molar-refractivity contribution in [3.63, 3.8) is 0 Å². The monoisotopic (exact) mass is 921 g/mol. The molecule has 1 unspecified atom stereocenters. The molecule has 0 bridgehead atoms. The lowest BCUT2D eigenvalue weighted by molar-refractivity contribution is -0.141. The third-order valence-electron chi connectivity index (χ3n) is 15.4. The summed E-state index contributed by atoms with van der Waals surface area (Å²) in [6.07, 6.45) is 12.8. The second-order valence-electron chi connectivity index (χ2n) is 21.5. The number of esters is 1. The van der Waals surface area contributed by atoms with Crippen LogP contribution in [0.5, 0.6) is 0 Å². The van der Waals surface area contributed by atoms with E-state index in [0.717, 1.165) is 44.1 Å². The van der Waals surface area contributed by atoms with Gasteiger partial charge in [0.05, 0.1) is 25.9 Å². The minimum Gasteiger partial charge on any atom is -0.469 e. The van der Waals surface area contributed by atoms with Crippen molar-refractivity contribution in [3.8, 4) is 0 Å². The van der Waals surface area contributed by atoms with Crippen molar-refractivity contribution < 1.29 is 23.1 Å². The molecule has 5 atom stereocenters. The first kappa shape index (κ1) is 49.5. The van der Waals surface area contributed by atoms with E-state index in [1.165, 1.54) is 51.0 Å². The number of hydrogen-bond donors (Lipinski definition) is 0. The van der Waals surface area contributed by atoms with Crippen LogP contribution in [0.4, 0.5) is 0 Å². The zero-order valence-electron chi connectivity index (χ0n) is 41.2. The van der Waals surface area contributed by atoms with E-state index in [1.807, 2.05) is 0 Å². The average Bonchev–Trinajstić information content (AvgIpc) is 3.68. The smallest absolute Gasteiger partial charge is 0.305 e. The molecule has 7 rings (SSSR count). The lowest BCUT2D eigenvalue weighted by Crippen LogP contribution is -2.69. The van der Waals surface area contributed by atoms with Gasteiger partial charge in [0, 0.05) is 19.4 Å². The van der Waals surface area contributed by atoms with Gasteiger partial charge in [-0.3, -0.25) is 4.79 Å². The molecule has 66 heavy (non-hydrogen) atoms. The van der Waals surface area contributed by atoms with Crippen molar-refractivity contribution in [2.75, 3.05) is 20.3 Å². The second kappa shape index (κ2) is 20.9. The number of allylic oxidation sites excluding steroid dienone is 3. The Bertz CT molecular complexity index is 2250. The van der Waals surface area contributed by atoms with Crippen molar-refractivity contribution >= 4 is 43.4 Å².